The van der Waals surface area contributed by atoms with Gasteiger partial charge in [0.05, 0.1) is 13.2 Å². The minimum absolute atomic E-state index is 0.561. The van der Waals surface area contributed by atoms with E-state index in [0.29, 0.717) is 5.15 Å². The van der Waals surface area contributed by atoms with Gasteiger partial charge >= 0.3 is 0 Å². The summed E-state index contributed by atoms with van der Waals surface area (Å²) in [6.45, 7) is 4.94. The second kappa shape index (κ2) is 4.73. The van der Waals surface area contributed by atoms with E-state index in [1.54, 1.807) is 4.90 Å². The molecular formula is C10H14ClN2O+. The van der Waals surface area contributed by atoms with Gasteiger partial charge in [0.1, 0.15) is 24.8 Å². The third-order valence-electron chi connectivity index (χ3n) is 2.44. The number of ether oxygens (including phenoxy) is 1. The molecule has 1 fully saturated rings. The molecule has 2 heterocycles. The second-order valence-corrected chi connectivity index (χ2v) is 3.92. The summed E-state index contributed by atoms with van der Waals surface area (Å²) in [6, 6.07) is 3.88. The van der Waals surface area contributed by atoms with Crippen molar-refractivity contribution in [2.45, 2.75) is 6.54 Å². The van der Waals surface area contributed by atoms with Gasteiger partial charge in [-0.3, -0.25) is 0 Å². The largest absolute Gasteiger partial charge is 0.370 e. The Morgan fingerprint density at radius 3 is 2.79 bits per heavy atom. The monoisotopic (exact) mass is 213 g/mol. The third kappa shape index (κ3) is 2.67. The van der Waals surface area contributed by atoms with Crippen LogP contribution in [0.3, 0.4) is 0 Å². The molecule has 0 aromatic carbocycles. The number of morpholine rings is 1. The van der Waals surface area contributed by atoms with Crippen LogP contribution in [-0.4, -0.2) is 31.3 Å². The molecule has 2 rings (SSSR count). The van der Waals surface area contributed by atoms with E-state index < -0.39 is 0 Å². The van der Waals surface area contributed by atoms with Crippen molar-refractivity contribution in [2.24, 2.45) is 0 Å². The van der Waals surface area contributed by atoms with E-state index in [-0.39, 0.29) is 0 Å². The van der Waals surface area contributed by atoms with Crippen molar-refractivity contribution in [3.8, 4) is 0 Å². The maximum absolute atomic E-state index is 5.72. The molecule has 0 radical (unpaired) electrons. The molecule has 0 saturated carbocycles. The average Bonchev–Trinajstić information content (AvgIpc) is 2.23. The van der Waals surface area contributed by atoms with E-state index in [0.717, 1.165) is 32.8 Å². The zero-order valence-electron chi connectivity index (χ0n) is 8.00. The maximum atomic E-state index is 5.72. The van der Waals surface area contributed by atoms with Gasteiger partial charge < -0.3 is 9.64 Å². The lowest BCUT2D eigenvalue weighted by molar-refractivity contribution is -0.921. The highest BCUT2D eigenvalue weighted by molar-refractivity contribution is 6.29. The van der Waals surface area contributed by atoms with Crippen LogP contribution in [0, 0.1) is 0 Å². The van der Waals surface area contributed by atoms with Crippen molar-refractivity contribution >= 4 is 11.6 Å². The minimum atomic E-state index is 0.561. The zero-order valence-corrected chi connectivity index (χ0v) is 8.76. The highest BCUT2D eigenvalue weighted by Crippen LogP contribution is 2.03. The van der Waals surface area contributed by atoms with Crippen LogP contribution in [0.4, 0.5) is 0 Å². The van der Waals surface area contributed by atoms with E-state index in [2.05, 4.69) is 4.98 Å². The predicted octanol–water partition coefficient (Wildman–Crippen LogP) is 0.150. The average molecular weight is 214 g/mol. The highest BCUT2D eigenvalue weighted by atomic mass is 35.5. The van der Waals surface area contributed by atoms with Gasteiger partial charge in [0, 0.05) is 11.8 Å². The Bertz CT molecular complexity index is 283. The molecule has 0 aliphatic carbocycles. The Morgan fingerprint density at radius 2 is 2.14 bits per heavy atom. The van der Waals surface area contributed by atoms with Crippen LogP contribution in [-0.2, 0) is 11.3 Å². The first-order valence-electron chi connectivity index (χ1n) is 4.86. The molecule has 1 N–H and O–H groups in total. The molecule has 4 heteroatoms. The zero-order chi connectivity index (χ0) is 9.80. The number of nitrogens with zero attached hydrogens (tertiary/aromatic N) is 1. The molecule has 1 aliphatic heterocycles. The fourth-order valence-electron chi connectivity index (χ4n) is 1.64. The van der Waals surface area contributed by atoms with Crippen molar-refractivity contribution in [3.63, 3.8) is 0 Å². The summed E-state index contributed by atoms with van der Waals surface area (Å²) in [5, 5.41) is 0.561. The normalized spacial score (nSPS) is 18.4. The van der Waals surface area contributed by atoms with Crippen molar-refractivity contribution in [3.05, 3.63) is 29.0 Å². The number of hydrogen-bond acceptors (Lipinski definition) is 2. The molecule has 76 valence electrons. The summed E-state index contributed by atoms with van der Waals surface area (Å²) in [6.07, 6.45) is 1.85. The van der Waals surface area contributed by atoms with Gasteiger partial charge in [-0.25, -0.2) is 4.98 Å². The van der Waals surface area contributed by atoms with E-state index in [1.165, 1.54) is 5.56 Å². The van der Waals surface area contributed by atoms with Gasteiger partial charge in [0.15, 0.2) is 0 Å². The fourth-order valence-corrected chi connectivity index (χ4v) is 1.75. The van der Waals surface area contributed by atoms with E-state index in [1.807, 2.05) is 18.3 Å². The molecule has 14 heavy (non-hydrogen) atoms. The van der Waals surface area contributed by atoms with Crippen molar-refractivity contribution in [1.29, 1.82) is 0 Å². The molecule has 3 nitrogen and oxygen atoms in total. The van der Waals surface area contributed by atoms with Crippen LogP contribution >= 0.6 is 11.6 Å². The topological polar surface area (TPSA) is 26.6 Å². The van der Waals surface area contributed by atoms with Gasteiger partial charge in [-0.2, -0.15) is 0 Å². The third-order valence-corrected chi connectivity index (χ3v) is 2.67. The molecule has 0 spiro atoms. The Kier molecular flexibility index (Phi) is 3.35. The summed E-state index contributed by atoms with van der Waals surface area (Å²) in [5.74, 6) is 0. The Labute approximate surface area is 88.6 Å². The number of pyridine rings is 1. The summed E-state index contributed by atoms with van der Waals surface area (Å²) in [7, 11) is 0. The van der Waals surface area contributed by atoms with Gasteiger partial charge in [0.2, 0.25) is 0 Å². The quantitative estimate of drug-likeness (QED) is 0.709. The van der Waals surface area contributed by atoms with E-state index >= 15 is 0 Å². The van der Waals surface area contributed by atoms with Gasteiger partial charge in [0.25, 0.3) is 0 Å². The van der Waals surface area contributed by atoms with Crippen molar-refractivity contribution < 1.29 is 9.64 Å². The number of quaternary nitrogens is 1. The summed E-state index contributed by atoms with van der Waals surface area (Å²) >= 11 is 5.72. The Balaban J connectivity index is 1.92. The summed E-state index contributed by atoms with van der Waals surface area (Å²) in [4.78, 5) is 5.62. The summed E-state index contributed by atoms with van der Waals surface area (Å²) < 4.78 is 5.30. The lowest BCUT2D eigenvalue weighted by Crippen LogP contribution is -3.12. The first kappa shape index (κ1) is 9.90. The molecule has 0 amide bonds. The number of nitrogens with one attached hydrogen (secondary N) is 1. The van der Waals surface area contributed by atoms with Crippen LogP contribution in [0.15, 0.2) is 18.3 Å². The van der Waals surface area contributed by atoms with Crippen LogP contribution in [0.5, 0.6) is 0 Å². The molecule has 1 aliphatic rings. The van der Waals surface area contributed by atoms with Crippen LogP contribution < -0.4 is 4.90 Å². The maximum Gasteiger partial charge on any atom is 0.129 e. The van der Waals surface area contributed by atoms with E-state index in [4.69, 9.17) is 16.3 Å². The van der Waals surface area contributed by atoms with Crippen molar-refractivity contribution in [2.75, 3.05) is 26.3 Å². The SMILES string of the molecule is Clc1ccc(C[NH+]2CCOCC2)cn1. The summed E-state index contributed by atoms with van der Waals surface area (Å²) in [5.41, 5.74) is 1.24. The van der Waals surface area contributed by atoms with Crippen LogP contribution in [0.1, 0.15) is 5.56 Å². The minimum Gasteiger partial charge on any atom is -0.370 e. The predicted molar refractivity (Wildman–Crippen MR) is 54.5 cm³/mol. The number of aromatic nitrogens is 1. The second-order valence-electron chi connectivity index (χ2n) is 3.53. The molecule has 0 bridgehead atoms. The molecule has 1 aromatic rings. The standard InChI is InChI=1S/C10H13ClN2O/c11-10-2-1-9(7-12-10)8-13-3-5-14-6-4-13/h1-2,7H,3-6,8H2/p+1. The van der Waals surface area contributed by atoms with Crippen molar-refractivity contribution in [1.82, 2.24) is 4.98 Å². The molecular weight excluding hydrogens is 200 g/mol. The first-order valence-corrected chi connectivity index (χ1v) is 5.24. The van der Waals surface area contributed by atoms with Gasteiger partial charge in [-0.1, -0.05) is 11.6 Å². The molecule has 0 atom stereocenters. The first-order chi connectivity index (χ1) is 6.84. The number of rotatable bonds is 2. The van der Waals surface area contributed by atoms with Gasteiger partial charge in [-0.15, -0.1) is 0 Å². The number of halogens is 1. The van der Waals surface area contributed by atoms with E-state index in [9.17, 15) is 0 Å². The Morgan fingerprint density at radius 1 is 1.36 bits per heavy atom. The highest BCUT2D eigenvalue weighted by Gasteiger charge is 2.13. The molecule has 1 saturated heterocycles. The van der Waals surface area contributed by atoms with Crippen LogP contribution in [0.2, 0.25) is 5.15 Å². The Hall–Kier alpha value is -0.640. The smallest absolute Gasteiger partial charge is 0.129 e. The molecule has 0 unspecified atom stereocenters. The lowest BCUT2D eigenvalue weighted by atomic mass is 10.2. The number of hydrogen-bond donors (Lipinski definition) is 1. The van der Waals surface area contributed by atoms with Gasteiger partial charge in [-0.05, 0) is 12.1 Å². The van der Waals surface area contributed by atoms with Crippen LogP contribution in [0.25, 0.3) is 0 Å². The lowest BCUT2D eigenvalue weighted by Gasteiger charge is -2.23. The fraction of sp³-hybridized carbons (Fsp3) is 0.500. The molecule has 1 aromatic heterocycles.